The van der Waals surface area contributed by atoms with E-state index in [1.165, 1.54) is 14.2 Å². The van der Waals surface area contributed by atoms with Crippen LogP contribution in [0, 0.1) is 5.41 Å². The molecule has 0 unspecified atom stereocenters. The lowest BCUT2D eigenvalue weighted by Crippen LogP contribution is -2.19. The third-order valence-corrected chi connectivity index (χ3v) is 3.33. The zero-order valence-electron chi connectivity index (χ0n) is 13.1. The molecule has 0 bridgehead atoms. The molecule has 1 aromatic carbocycles. The second-order valence-corrected chi connectivity index (χ2v) is 5.73. The molecule has 5 nitrogen and oxygen atoms in total. The van der Waals surface area contributed by atoms with Gasteiger partial charge in [-0.1, -0.05) is 26.0 Å². The zero-order chi connectivity index (χ0) is 15.9. The maximum atomic E-state index is 11.3. The number of hydrogen-bond acceptors (Lipinski definition) is 4. The SMILES string of the molecule is COC(=O)CC(C)(C)CCc1ccc(NC(=O)OC)cc1. The average Bonchev–Trinajstić information content (AvgIpc) is 2.46. The number of amides is 1. The van der Waals surface area contributed by atoms with Gasteiger partial charge in [0.05, 0.1) is 20.6 Å². The van der Waals surface area contributed by atoms with Crippen molar-refractivity contribution >= 4 is 17.7 Å². The van der Waals surface area contributed by atoms with Gasteiger partial charge in [0.1, 0.15) is 0 Å². The Morgan fingerprint density at radius 1 is 1.10 bits per heavy atom. The molecule has 0 saturated heterocycles. The molecule has 0 saturated carbocycles. The van der Waals surface area contributed by atoms with Gasteiger partial charge >= 0.3 is 12.1 Å². The smallest absolute Gasteiger partial charge is 0.411 e. The fourth-order valence-corrected chi connectivity index (χ4v) is 1.96. The Hall–Kier alpha value is -2.04. The van der Waals surface area contributed by atoms with Crippen molar-refractivity contribution in [3.05, 3.63) is 29.8 Å². The topological polar surface area (TPSA) is 64.6 Å². The van der Waals surface area contributed by atoms with Crippen molar-refractivity contribution in [3.8, 4) is 0 Å². The first-order chi connectivity index (χ1) is 9.86. The molecule has 116 valence electrons. The second-order valence-electron chi connectivity index (χ2n) is 5.73. The number of ether oxygens (including phenoxy) is 2. The maximum absolute atomic E-state index is 11.3. The zero-order valence-corrected chi connectivity index (χ0v) is 13.1. The fraction of sp³-hybridized carbons (Fsp3) is 0.500. The van der Waals surface area contributed by atoms with Gasteiger partial charge in [0, 0.05) is 5.69 Å². The summed E-state index contributed by atoms with van der Waals surface area (Å²) in [6, 6.07) is 7.58. The molecule has 0 spiro atoms. The first-order valence-electron chi connectivity index (χ1n) is 6.87. The van der Waals surface area contributed by atoms with Crippen LogP contribution in [0.15, 0.2) is 24.3 Å². The van der Waals surface area contributed by atoms with Crippen LogP contribution in [0.1, 0.15) is 32.3 Å². The Balaban J connectivity index is 2.52. The Morgan fingerprint density at radius 2 is 1.71 bits per heavy atom. The number of carbonyl (C=O) groups is 2. The molecule has 0 aromatic heterocycles. The highest BCUT2D eigenvalue weighted by atomic mass is 16.5. The van der Waals surface area contributed by atoms with Crippen LogP contribution in [-0.2, 0) is 20.7 Å². The normalized spacial score (nSPS) is 10.9. The summed E-state index contributed by atoms with van der Waals surface area (Å²) in [6.07, 6.45) is 1.67. The van der Waals surface area contributed by atoms with Crippen LogP contribution in [0.2, 0.25) is 0 Å². The van der Waals surface area contributed by atoms with E-state index in [-0.39, 0.29) is 11.4 Å². The van der Waals surface area contributed by atoms with Gasteiger partial charge in [-0.25, -0.2) is 4.79 Å². The van der Waals surface area contributed by atoms with Crippen molar-refractivity contribution in [2.24, 2.45) is 5.41 Å². The number of rotatable bonds is 6. The summed E-state index contributed by atoms with van der Waals surface area (Å²) in [7, 11) is 2.73. The van der Waals surface area contributed by atoms with Crippen LogP contribution in [-0.4, -0.2) is 26.3 Å². The lowest BCUT2D eigenvalue weighted by Gasteiger charge is -2.23. The first-order valence-corrected chi connectivity index (χ1v) is 6.87. The average molecular weight is 293 g/mol. The van der Waals surface area contributed by atoms with E-state index in [1.54, 1.807) is 0 Å². The van der Waals surface area contributed by atoms with Crippen LogP contribution in [0.5, 0.6) is 0 Å². The summed E-state index contributed by atoms with van der Waals surface area (Å²) in [5.74, 6) is -0.183. The van der Waals surface area contributed by atoms with Crippen LogP contribution < -0.4 is 5.32 Å². The summed E-state index contributed by atoms with van der Waals surface area (Å²) in [5.41, 5.74) is 1.75. The summed E-state index contributed by atoms with van der Waals surface area (Å²) < 4.78 is 9.24. The second kappa shape index (κ2) is 7.67. The predicted molar refractivity (Wildman–Crippen MR) is 81.2 cm³/mol. The lowest BCUT2D eigenvalue weighted by molar-refractivity contribution is -0.143. The highest BCUT2D eigenvalue weighted by molar-refractivity contribution is 5.84. The Morgan fingerprint density at radius 3 is 2.24 bits per heavy atom. The molecule has 0 atom stereocenters. The van der Waals surface area contributed by atoms with E-state index in [2.05, 4.69) is 23.9 Å². The third-order valence-electron chi connectivity index (χ3n) is 3.33. The summed E-state index contributed by atoms with van der Waals surface area (Å²) in [4.78, 5) is 22.4. The van der Waals surface area contributed by atoms with E-state index in [4.69, 9.17) is 4.74 Å². The molecule has 0 radical (unpaired) electrons. The highest BCUT2D eigenvalue weighted by Crippen LogP contribution is 2.27. The van der Waals surface area contributed by atoms with E-state index >= 15 is 0 Å². The quantitative estimate of drug-likeness (QED) is 0.817. The molecule has 1 aromatic rings. The largest absolute Gasteiger partial charge is 0.469 e. The van der Waals surface area contributed by atoms with Crippen LogP contribution in [0.25, 0.3) is 0 Å². The number of methoxy groups -OCH3 is 2. The molecule has 0 fully saturated rings. The third kappa shape index (κ3) is 6.29. The van der Waals surface area contributed by atoms with Gasteiger partial charge < -0.3 is 9.47 Å². The number of aryl methyl sites for hydroxylation is 1. The summed E-state index contributed by atoms with van der Waals surface area (Å²) in [5, 5.41) is 2.60. The number of nitrogens with one attached hydrogen (secondary N) is 1. The minimum absolute atomic E-state index is 0.101. The van der Waals surface area contributed by atoms with Gasteiger partial charge in [0.25, 0.3) is 0 Å². The number of benzene rings is 1. The van der Waals surface area contributed by atoms with E-state index in [0.29, 0.717) is 12.1 Å². The van der Waals surface area contributed by atoms with Gasteiger partial charge in [0.15, 0.2) is 0 Å². The molecular weight excluding hydrogens is 270 g/mol. The maximum Gasteiger partial charge on any atom is 0.411 e. The molecule has 1 rings (SSSR count). The number of esters is 1. The molecular formula is C16H23NO4. The molecule has 0 aliphatic rings. The molecule has 1 amide bonds. The van der Waals surface area contributed by atoms with E-state index < -0.39 is 6.09 Å². The minimum atomic E-state index is -0.484. The fourth-order valence-electron chi connectivity index (χ4n) is 1.96. The molecule has 1 N–H and O–H groups in total. The van der Waals surface area contributed by atoms with Gasteiger partial charge in [-0.15, -0.1) is 0 Å². The van der Waals surface area contributed by atoms with E-state index in [0.717, 1.165) is 18.4 Å². The summed E-state index contributed by atoms with van der Waals surface area (Å²) >= 11 is 0. The van der Waals surface area contributed by atoms with Crippen molar-refractivity contribution < 1.29 is 19.1 Å². The van der Waals surface area contributed by atoms with Crippen molar-refractivity contribution in [1.29, 1.82) is 0 Å². The van der Waals surface area contributed by atoms with Crippen LogP contribution >= 0.6 is 0 Å². The highest BCUT2D eigenvalue weighted by Gasteiger charge is 2.22. The predicted octanol–water partition coefficient (Wildman–Crippen LogP) is 3.39. The van der Waals surface area contributed by atoms with Crippen molar-refractivity contribution in [2.45, 2.75) is 33.1 Å². The van der Waals surface area contributed by atoms with Gasteiger partial charge in [-0.2, -0.15) is 0 Å². The van der Waals surface area contributed by atoms with E-state index in [1.807, 2.05) is 24.3 Å². The monoisotopic (exact) mass is 293 g/mol. The standard InChI is InChI=1S/C16H23NO4/c1-16(2,11-14(18)20-3)10-9-12-5-7-13(8-6-12)17-15(19)21-4/h5-8H,9-11H2,1-4H3,(H,17,19). The van der Waals surface area contributed by atoms with Crippen molar-refractivity contribution in [1.82, 2.24) is 0 Å². The Bertz CT molecular complexity index is 480. The van der Waals surface area contributed by atoms with Crippen molar-refractivity contribution in [2.75, 3.05) is 19.5 Å². The van der Waals surface area contributed by atoms with Gasteiger partial charge in [0.2, 0.25) is 0 Å². The number of hydrogen-bond donors (Lipinski definition) is 1. The molecule has 0 aliphatic carbocycles. The molecule has 5 heteroatoms. The van der Waals surface area contributed by atoms with Gasteiger partial charge in [-0.05, 0) is 36.0 Å². The first kappa shape index (κ1) is 17.0. The molecule has 0 aliphatic heterocycles. The van der Waals surface area contributed by atoms with Gasteiger partial charge in [-0.3, -0.25) is 10.1 Å². The van der Waals surface area contributed by atoms with Crippen LogP contribution in [0.3, 0.4) is 0 Å². The summed E-state index contributed by atoms with van der Waals surface area (Å²) in [6.45, 7) is 4.11. The Labute approximate surface area is 125 Å². The van der Waals surface area contributed by atoms with E-state index in [9.17, 15) is 9.59 Å². The molecule has 0 heterocycles. The minimum Gasteiger partial charge on any atom is -0.469 e. The number of anilines is 1. The van der Waals surface area contributed by atoms with Crippen LogP contribution in [0.4, 0.5) is 10.5 Å². The lowest BCUT2D eigenvalue weighted by atomic mass is 9.83. The number of carbonyl (C=O) groups excluding carboxylic acids is 2. The molecule has 21 heavy (non-hydrogen) atoms. The van der Waals surface area contributed by atoms with Crippen molar-refractivity contribution in [3.63, 3.8) is 0 Å². The Kier molecular flexibility index (Phi) is 6.21.